The van der Waals surface area contributed by atoms with E-state index in [0.717, 1.165) is 16.2 Å². The molecular weight excluding hydrogens is 314 g/mol. The summed E-state index contributed by atoms with van der Waals surface area (Å²) in [5.74, 6) is 0.445. The van der Waals surface area contributed by atoms with Gasteiger partial charge in [-0.05, 0) is 32.1 Å². The highest BCUT2D eigenvalue weighted by atomic mass is 32.2. The minimum Gasteiger partial charge on any atom is -0.409 e. The van der Waals surface area contributed by atoms with Gasteiger partial charge in [0.15, 0.2) is 0 Å². The van der Waals surface area contributed by atoms with Crippen molar-refractivity contribution in [1.82, 2.24) is 15.3 Å². The van der Waals surface area contributed by atoms with Crippen LogP contribution in [0, 0.1) is 6.92 Å². The number of hydrogen-bond acceptors (Lipinski definition) is 6. The predicted octanol–water partition coefficient (Wildman–Crippen LogP) is 2.69. The lowest BCUT2D eigenvalue weighted by Crippen LogP contribution is -2.31. The highest BCUT2D eigenvalue weighted by Crippen LogP contribution is 2.21. The largest absolute Gasteiger partial charge is 0.409 e. The Labute approximate surface area is 136 Å². The third kappa shape index (κ3) is 3.40. The Morgan fingerprint density at radius 3 is 2.78 bits per heavy atom. The molecule has 1 aromatic heterocycles. The average molecular weight is 331 g/mol. The van der Waals surface area contributed by atoms with Crippen LogP contribution >= 0.6 is 0 Å². The van der Waals surface area contributed by atoms with Crippen molar-refractivity contribution < 1.29 is 13.8 Å². The summed E-state index contributed by atoms with van der Waals surface area (Å²) in [4.78, 5) is 0. The van der Waals surface area contributed by atoms with Gasteiger partial charge in [0.05, 0.1) is 17.5 Å². The molecule has 0 aliphatic carbocycles. The molecule has 1 aliphatic rings. The zero-order chi connectivity index (χ0) is 16.4. The van der Waals surface area contributed by atoms with Crippen LogP contribution in [0.1, 0.15) is 12.5 Å². The molecule has 6 nitrogen and oxygen atoms in total. The van der Waals surface area contributed by atoms with E-state index in [4.69, 9.17) is 4.42 Å². The first-order chi connectivity index (χ1) is 11.0. The number of nitrogens with zero attached hydrogens (tertiary/aromatic N) is 3. The molecule has 120 valence electrons. The SMILES string of the molecule is Cc1ccc(-c2nnc(S(=O)CC3=CC=CC(C)N3O)o2)cc1. The third-order valence-corrected chi connectivity index (χ3v) is 4.65. The van der Waals surface area contributed by atoms with Gasteiger partial charge in [-0.15, -0.1) is 5.10 Å². The molecule has 0 fully saturated rings. The number of hydrogen-bond donors (Lipinski definition) is 1. The summed E-state index contributed by atoms with van der Waals surface area (Å²) in [5.41, 5.74) is 2.46. The molecule has 0 saturated heterocycles. The second kappa shape index (κ2) is 6.47. The molecule has 2 heterocycles. The number of benzene rings is 1. The maximum absolute atomic E-state index is 12.4. The standard InChI is InChI=1S/C16H17N3O3S/c1-11-6-8-13(9-7-11)15-17-18-16(22-15)23(21)10-14-5-3-4-12(2)19(14)20/h3-9,12,20H,10H2,1-2H3. The number of rotatable bonds is 4. The lowest BCUT2D eigenvalue weighted by atomic mass is 10.1. The molecule has 0 saturated carbocycles. The van der Waals surface area contributed by atoms with Gasteiger partial charge in [-0.2, -0.15) is 0 Å². The Bertz CT molecular complexity index is 780. The van der Waals surface area contributed by atoms with Gasteiger partial charge in [0, 0.05) is 5.56 Å². The molecule has 23 heavy (non-hydrogen) atoms. The molecular formula is C16H17N3O3S. The van der Waals surface area contributed by atoms with Gasteiger partial charge in [0.25, 0.3) is 0 Å². The number of aryl methyl sites for hydroxylation is 1. The highest BCUT2D eigenvalue weighted by molar-refractivity contribution is 7.84. The Hall–Kier alpha value is -2.25. The van der Waals surface area contributed by atoms with Gasteiger partial charge in [-0.1, -0.05) is 34.9 Å². The Morgan fingerprint density at radius 1 is 1.30 bits per heavy atom. The van der Waals surface area contributed by atoms with Crippen LogP contribution in [-0.4, -0.2) is 36.5 Å². The monoisotopic (exact) mass is 331 g/mol. The summed E-state index contributed by atoms with van der Waals surface area (Å²) in [6, 6.07) is 7.49. The molecule has 2 unspecified atom stereocenters. The van der Waals surface area contributed by atoms with Gasteiger partial charge in [0.2, 0.25) is 5.89 Å². The van der Waals surface area contributed by atoms with Crippen molar-refractivity contribution >= 4 is 10.8 Å². The Morgan fingerprint density at radius 2 is 2.04 bits per heavy atom. The molecule has 1 aromatic carbocycles. The number of allylic oxidation sites excluding steroid dienone is 2. The van der Waals surface area contributed by atoms with Crippen LogP contribution in [0.3, 0.4) is 0 Å². The maximum Gasteiger partial charge on any atom is 0.308 e. The second-order valence-electron chi connectivity index (χ2n) is 5.36. The molecule has 3 rings (SSSR count). The first-order valence-corrected chi connectivity index (χ1v) is 8.51. The first kappa shape index (κ1) is 15.6. The summed E-state index contributed by atoms with van der Waals surface area (Å²) < 4.78 is 17.9. The number of aromatic nitrogens is 2. The van der Waals surface area contributed by atoms with E-state index < -0.39 is 10.8 Å². The Balaban J connectivity index is 1.75. The zero-order valence-electron chi connectivity index (χ0n) is 12.8. The van der Waals surface area contributed by atoms with Crippen molar-refractivity contribution in [2.45, 2.75) is 25.1 Å². The molecule has 0 radical (unpaired) electrons. The number of hydroxylamine groups is 2. The van der Waals surface area contributed by atoms with Crippen molar-refractivity contribution in [2.24, 2.45) is 0 Å². The molecule has 2 aromatic rings. The predicted molar refractivity (Wildman–Crippen MR) is 86.1 cm³/mol. The van der Waals surface area contributed by atoms with Crippen LogP contribution < -0.4 is 0 Å². The molecule has 0 spiro atoms. The van der Waals surface area contributed by atoms with Crippen molar-refractivity contribution in [3.63, 3.8) is 0 Å². The smallest absolute Gasteiger partial charge is 0.308 e. The molecule has 0 bridgehead atoms. The van der Waals surface area contributed by atoms with Gasteiger partial charge in [-0.25, -0.2) is 4.21 Å². The fourth-order valence-corrected chi connectivity index (χ4v) is 3.10. The van der Waals surface area contributed by atoms with Crippen LogP contribution in [0.25, 0.3) is 11.5 Å². The lowest BCUT2D eigenvalue weighted by Gasteiger charge is -2.26. The van der Waals surface area contributed by atoms with Crippen molar-refractivity contribution in [1.29, 1.82) is 0 Å². The van der Waals surface area contributed by atoms with E-state index in [1.807, 2.05) is 50.3 Å². The summed E-state index contributed by atoms with van der Waals surface area (Å²) in [6.45, 7) is 3.83. The lowest BCUT2D eigenvalue weighted by molar-refractivity contribution is -0.0740. The van der Waals surface area contributed by atoms with E-state index in [9.17, 15) is 9.42 Å². The van der Waals surface area contributed by atoms with Crippen molar-refractivity contribution in [3.8, 4) is 11.5 Å². The fourth-order valence-electron chi connectivity index (χ4n) is 2.17. The van der Waals surface area contributed by atoms with E-state index in [-0.39, 0.29) is 17.0 Å². The minimum absolute atomic E-state index is 0.0529. The molecule has 2 atom stereocenters. The third-order valence-electron chi connectivity index (χ3n) is 3.54. The second-order valence-corrected chi connectivity index (χ2v) is 6.69. The summed E-state index contributed by atoms with van der Waals surface area (Å²) in [5, 5.41) is 18.9. The van der Waals surface area contributed by atoms with Gasteiger partial charge in [-0.3, -0.25) is 10.3 Å². The highest BCUT2D eigenvalue weighted by Gasteiger charge is 2.21. The van der Waals surface area contributed by atoms with Crippen LogP contribution in [0.15, 0.2) is 57.8 Å². The molecule has 7 heteroatoms. The van der Waals surface area contributed by atoms with Crippen LogP contribution in [0.5, 0.6) is 0 Å². The van der Waals surface area contributed by atoms with E-state index in [2.05, 4.69) is 10.2 Å². The summed E-state index contributed by atoms with van der Waals surface area (Å²) >= 11 is 0. The van der Waals surface area contributed by atoms with Crippen LogP contribution in [0.4, 0.5) is 0 Å². The van der Waals surface area contributed by atoms with Gasteiger partial charge < -0.3 is 4.42 Å². The van der Waals surface area contributed by atoms with E-state index >= 15 is 0 Å². The van der Waals surface area contributed by atoms with Crippen LogP contribution in [0.2, 0.25) is 0 Å². The molecule has 0 amide bonds. The normalized spacial score (nSPS) is 18.8. The quantitative estimate of drug-likeness (QED) is 0.928. The van der Waals surface area contributed by atoms with Gasteiger partial charge in [0.1, 0.15) is 10.8 Å². The first-order valence-electron chi connectivity index (χ1n) is 7.19. The zero-order valence-corrected chi connectivity index (χ0v) is 13.7. The fraction of sp³-hybridized carbons (Fsp3) is 0.250. The van der Waals surface area contributed by atoms with E-state index in [0.29, 0.717) is 11.6 Å². The van der Waals surface area contributed by atoms with E-state index in [1.54, 1.807) is 6.08 Å². The van der Waals surface area contributed by atoms with Crippen molar-refractivity contribution in [3.05, 3.63) is 53.8 Å². The van der Waals surface area contributed by atoms with Gasteiger partial charge >= 0.3 is 5.22 Å². The maximum atomic E-state index is 12.4. The summed E-state index contributed by atoms with van der Waals surface area (Å²) in [7, 11) is -1.52. The minimum atomic E-state index is -1.52. The van der Waals surface area contributed by atoms with Crippen LogP contribution in [-0.2, 0) is 10.8 Å². The molecule has 1 N–H and O–H groups in total. The molecule has 1 aliphatic heterocycles. The topological polar surface area (TPSA) is 79.5 Å². The van der Waals surface area contributed by atoms with E-state index in [1.165, 1.54) is 0 Å². The summed E-state index contributed by atoms with van der Waals surface area (Å²) in [6.07, 6.45) is 5.39. The average Bonchev–Trinajstić information content (AvgIpc) is 3.02. The van der Waals surface area contributed by atoms with Crippen molar-refractivity contribution in [2.75, 3.05) is 5.75 Å². The Kier molecular flexibility index (Phi) is 4.40.